The van der Waals surface area contributed by atoms with E-state index in [-0.39, 0.29) is 11.2 Å². The van der Waals surface area contributed by atoms with E-state index in [1.54, 1.807) is 13.1 Å². The predicted octanol–water partition coefficient (Wildman–Crippen LogP) is 1.43. The standard InChI is InChI=1S/C13H20BNO3/c1-9(16)11-8-10(6-7-15-11)14-17-12(2,3)13(4,5)18-14/h6-9,16H,1-5H3. The topological polar surface area (TPSA) is 51.6 Å². The third-order valence-electron chi connectivity index (χ3n) is 3.76. The lowest BCUT2D eigenvalue weighted by atomic mass is 9.79. The number of rotatable bonds is 2. The lowest BCUT2D eigenvalue weighted by Gasteiger charge is -2.32. The summed E-state index contributed by atoms with van der Waals surface area (Å²) in [7, 11) is -0.407. The molecule has 18 heavy (non-hydrogen) atoms. The lowest BCUT2D eigenvalue weighted by Crippen LogP contribution is -2.41. The molecule has 4 nitrogen and oxygen atoms in total. The molecule has 1 atom stereocenters. The van der Waals surface area contributed by atoms with E-state index in [0.717, 1.165) is 5.46 Å². The first-order chi connectivity index (χ1) is 8.23. The Hall–Kier alpha value is -0.905. The van der Waals surface area contributed by atoms with Crippen LogP contribution in [0.2, 0.25) is 0 Å². The Kier molecular flexibility index (Phi) is 3.26. The molecule has 0 radical (unpaired) electrons. The Balaban J connectivity index is 2.27. The molecule has 1 aliphatic heterocycles. The molecule has 0 aromatic carbocycles. The Morgan fingerprint density at radius 1 is 1.22 bits per heavy atom. The first kappa shape index (κ1) is 13.5. The van der Waals surface area contributed by atoms with Crippen LogP contribution in [0.3, 0.4) is 0 Å². The Labute approximate surface area is 108 Å². The highest BCUT2D eigenvalue weighted by molar-refractivity contribution is 6.62. The molecule has 98 valence electrons. The number of aromatic nitrogens is 1. The minimum atomic E-state index is -0.590. The zero-order valence-corrected chi connectivity index (χ0v) is 11.6. The molecule has 1 aromatic rings. The summed E-state index contributed by atoms with van der Waals surface area (Å²) in [6.07, 6.45) is 1.08. The molecule has 1 saturated heterocycles. The molecule has 2 rings (SSSR count). The molecule has 0 saturated carbocycles. The average Bonchev–Trinajstić information content (AvgIpc) is 2.48. The van der Waals surface area contributed by atoms with Crippen LogP contribution in [0.25, 0.3) is 0 Å². The van der Waals surface area contributed by atoms with Gasteiger partial charge in [0.15, 0.2) is 0 Å². The largest absolute Gasteiger partial charge is 0.494 e. The van der Waals surface area contributed by atoms with Crippen molar-refractivity contribution in [3.63, 3.8) is 0 Å². The van der Waals surface area contributed by atoms with Crippen LogP contribution in [0.15, 0.2) is 18.3 Å². The Morgan fingerprint density at radius 3 is 2.28 bits per heavy atom. The van der Waals surface area contributed by atoms with Gasteiger partial charge in [-0.2, -0.15) is 0 Å². The molecule has 1 aromatic heterocycles. The van der Waals surface area contributed by atoms with Crippen LogP contribution in [0.5, 0.6) is 0 Å². The van der Waals surface area contributed by atoms with Crippen molar-refractivity contribution >= 4 is 12.6 Å². The summed E-state index contributed by atoms with van der Waals surface area (Å²) in [5.41, 5.74) is 0.805. The van der Waals surface area contributed by atoms with E-state index in [4.69, 9.17) is 9.31 Å². The summed E-state index contributed by atoms with van der Waals surface area (Å²) >= 11 is 0. The second-order valence-electron chi connectivity index (χ2n) is 5.78. The van der Waals surface area contributed by atoms with Gasteiger partial charge in [0.2, 0.25) is 0 Å². The Bertz CT molecular complexity index is 430. The van der Waals surface area contributed by atoms with E-state index in [2.05, 4.69) is 4.98 Å². The molecule has 0 aliphatic carbocycles. The number of aliphatic hydroxyl groups excluding tert-OH is 1. The van der Waals surface area contributed by atoms with Crippen molar-refractivity contribution in [1.29, 1.82) is 0 Å². The van der Waals surface area contributed by atoms with Gasteiger partial charge in [0.05, 0.1) is 23.0 Å². The minimum Gasteiger partial charge on any atom is -0.399 e. The second-order valence-corrected chi connectivity index (χ2v) is 5.78. The third kappa shape index (κ3) is 2.30. The van der Waals surface area contributed by atoms with Crippen LogP contribution in [-0.4, -0.2) is 28.4 Å². The van der Waals surface area contributed by atoms with Crippen molar-refractivity contribution in [2.24, 2.45) is 0 Å². The molecule has 1 unspecified atom stereocenters. The number of hydrogen-bond donors (Lipinski definition) is 1. The molecule has 1 aliphatic rings. The van der Waals surface area contributed by atoms with Crippen LogP contribution in [0.4, 0.5) is 0 Å². The Morgan fingerprint density at radius 2 is 1.78 bits per heavy atom. The van der Waals surface area contributed by atoms with Gasteiger partial charge in [0.1, 0.15) is 0 Å². The van der Waals surface area contributed by atoms with Crippen molar-refractivity contribution in [1.82, 2.24) is 4.98 Å². The van der Waals surface area contributed by atoms with Crippen LogP contribution < -0.4 is 5.46 Å². The molecular formula is C13H20BNO3. The van der Waals surface area contributed by atoms with Crippen LogP contribution in [-0.2, 0) is 9.31 Å². The van der Waals surface area contributed by atoms with Crippen molar-refractivity contribution in [2.45, 2.75) is 51.9 Å². The summed E-state index contributed by atoms with van der Waals surface area (Å²) in [6, 6.07) is 3.68. The van der Waals surface area contributed by atoms with E-state index in [0.29, 0.717) is 5.69 Å². The molecule has 1 fully saturated rings. The van der Waals surface area contributed by atoms with Crippen LogP contribution in [0, 0.1) is 0 Å². The van der Waals surface area contributed by atoms with Gasteiger partial charge in [-0.1, -0.05) is 0 Å². The fourth-order valence-electron chi connectivity index (χ4n) is 1.82. The highest BCUT2D eigenvalue weighted by atomic mass is 16.7. The zero-order valence-electron chi connectivity index (χ0n) is 11.6. The normalized spacial score (nSPS) is 23.1. The van der Waals surface area contributed by atoms with Gasteiger partial charge < -0.3 is 14.4 Å². The van der Waals surface area contributed by atoms with E-state index < -0.39 is 13.2 Å². The van der Waals surface area contributed by atoms with Crippen molar-refractivity contribution in [3.8, 4) is 0 Å². The summed E-state index contributed by atoms with van der Waals surface area (Å²) in [6.45, 7) is 9.76. The van der Waals surface area contributed by atoms with Gasteiger partial charge >= 0.3 is 7.12 Å². The molecule has 0 spiro atoms. The van der Waals surface area contributed by atoms with Gasteiger partial charge in [-0.05, 0) is 52.2 Å². The highest BCUT2D eigenvalue weighted by Crippen LogP contribution is 2.36. The van der Waals surface area contributed by atoms with E-state index in [1.807, 2.05) is 39.8 Å². The fraction of sp³-hybridized carbons (Fsp3) is 0.615. The number of nitrogens with zero attached hydrogens (tertiary/aromatic N) is 1. The van der Waals surface area contributed by atoms with Crippen molar-refractivity contribution in [3.05, 3.63) is 24.0 Å². The third-order valence-corrected chi connectivity index (χ3v) is 3.76. The molecule has 2 heterocycles. The van der Waals surface area contributed by atoms with E-state index >= 15 is 0 Å². The summed E-state index contributed by atoms with van der Waals surface area (Å²) < 4.78 is 11.9. The molecule has 0 amide bonds. The first-order valence-corrected chi connectivity index (χ1v) is 6.22. The first-order valence-electron chi connectivity index (χ1n) is 6.22. The summed E-state index contributed by atoms with van der Waals surface area (Å²) in [5.74, 6) is 0. The smallest absolute Gasteiger partial charge is 0.399 e. The molecule has 1 N–H and O–H groups in total. The van der Waals surface area contributed by atoms with Gasteiger partial charge in [0.25, 0.3) is 0 Å². The average molecular weight is 249 g/mol. The summed E-state index contributed by atoms with van der Waals surface area (Å²) in [4.78, 5) is 4.12. The lowest BCUT2D eigenvalue weighted by molar-refractivity contribution is 0.00578. The maximum atomic E-state index is 9.55. The molecular weight excluding hydrogens is 229 g/mol. The second kappa shape index (κ2) is 4.33. The maximum absolute atomic E-state index is 9.55. The minimum absolute atomic E-state index is 0.355. The molecule has 5 heteroatoms. The van der Waals surface area contributed by atoms with Crippen LogP contribution in [0.1, 0.15) is 46.4 Å². The van der Waals surface area contributed by atoms with Crippen molar-refractivity contribution < 1.29 is 14.4 Å². The summed E-state index contributed by atoms with van der Waals surface area (Å²) in [5, 5.41) is 9.55. The fourth-order valence-corrected chi connectivity index (χ4v) is 1.82. The molecule has 0 bridgehead atoms. The van der Waals surface area contributed by atoms with Gasteiger partial charge in [0, 0.05) is 6.20 Å². The SMILES string of the molecule is CC(O)c1cc(B2OC(C)(C)C(C)(C)O2)ccn1. The van der Waals surface area contributed by atoms with Gasteiger partial charge in [-0.15, -0.1) is 0 Å². The van der Waals surface area contributed by atoms with Crippen molar-refractivity contribution in [2.75, 3.05) is 0 Å². The van der Waals surface area contributed by atoms with E-state index in [1.165, 1.54) is 0 Å². The quantitative estimate of drug-likeness (QED) is 0.805. The number of pyridine rings is 1. The number of hydrogen-bond acceptors (Lipinski definition) is 4. The predicted molar refractivity (Wildman–Crippen MR) is 70.6 cm³/mol. The van der Waals surface area contributed by atoms with Gasteiger partial charge in [-0.3, -0.25) is 4.98 Å². The highest BCUT2D eigenvalue weighted by Gasteiger charge is 2.51. The zero-order chi connectivity index (χ0) is 13.6. The maximum Gasteiger partial charge on any atom is 0.494 e. The number of aliphatic hydroxyl groups is 1. The monoisotopic (exact) mass is 249 g/mol. The van der Waals surface area contributed by atoms with Gasteiger partial charge in [-0.25, -0.2) is 0 Å². The van der Waals surface area contributed by atoms with Crippen LogP contribution >= 0.6 is 0 Å². The van der Waals surface area contributed by atoms with E-state index in [9.17, 15) is 5.11 Å².